The van der Waals surface area contributed by atoms with Gasteiger partial charge in [0.1, 0.15) is 0 Å². The zero-order valence-electron chi connectivity index (χ0n) is 5.27. The average molecular weight is 203 g/mol. The van der Waals surface area contributed by atoms with E-state index in [0.29, 0.717) is 0 Å². The maximum atomic E-state index is 10.6. The van der Waals surface area contributed by atoms with Crippen LogP contribution in [0.3, 0.4) is 0 Å². The van der Waals surface area contributed by atoms with Crippen LogP contribution < -0.4 is 5.32 Å². The summed E-state index contributed by atoms with van der Waals surface area (Å²) in [6.45, 7) is 0. The second-order valence-corrected chi connectivity index (χ2v) is 3.72. The van der Waals surface area contributed by atoms with Crippen molar-refractivity contribution in [3.63, 3.8) is 0 Å². The third-order valence-electron chi connectivity index (χ3n) is 1.29. The number of carbonyl (C=O) groups excluding carboxylic acids is 2. The zero-order chi connectivity index (χ0) is 8.65. The van der Waals surface area contributed by atoms with E-state index in [1.807, 2.05) is 0 Å². The molecule has 0 bridgehead atoms. The summed E-state index contributed by atoms with van der Waals surface area (Å²) in [5.41, 5.74) is 0. The van der Waals surface area contributed by atoms with Gasteiger partial charge in [0.05, 0.1) is 6.42 Å². The number of rotatable bonds is 1. The van der Waals surface area contributed by atoms with Gasteiger partial charge in [0.25, 0.3) is 10.1 Å². The average Bonchev–Trinajstić information content (AvgIpc) is 2.08. The molecule has 1 aliphatic heterocycles. The van der Waals surface area contributed by atoms with Gasteiger partial charge in [-0.1, -0.05) is 0 Å². The van der Waals surface area contributed by atoms with E-state index in [4.69, 9.17) is 4.55 Å². The van der Waals surface area contributed by atoms with Gasteiger partial charge in [-0.05, 0) is 0 Å². The van der Waals surface area contributed by atoms with Crippen molar-refractivity contribution in [1.29, 1.82) is 0 Å². The van der Waals surface area contributed by atoms with Crippen molar-refractivity contribution in [2.24, 2.45) is 0 Å². The zero-order valence-corrected chi connectivity index (χ0v) is 6.09. The van der Waals surface area contributed by atoms with Crippen molar-refractivity contribution in [3.8, 4) is 0 Å². The molecule has 64 valence electrons. The molecular formula is C4H6NNaO5S. The standard InChI is InChI=1S/C4H5NO5S.Na.H/c6-3-1-2(4(7)5-3)11(8,9)10;;/h2H,1H2,(H,5,6,7)(H,8,9,10);;. The molecule has 0 aromatic carbocycles. The van der Waals surface area contributed by atoms with Crippen LogP contribution in [0.15, 0.2) is 0 Å². The van der Waals surface area contributed by atoms with E-state index in [9.17, 15) is 18.0 Å². The minimum atomic E-state index is -4.42. The van der Waals surface area contributed by atoms with Gasteiger partial charge in [-0.15, -0.1) is 0 Å². The van der Waals surface area contributed by atoms with Crippen LogP contribution >= 0.6 is 0 Å². The Morgan fingerprint density at radius 1 is 1.42 bits per heavy atom. The van der Waals surface area contributed by atoms with Crippen molar-refractivity contribution < 1.29 is 22.6 Å². The third-order valence-corrected chi connectivity index (χ3v) is 2.39. The Kier molecular flexibility index (Phi) is 3.86. The van der Waals surface area contributed by atoms with E-state index in [2.05, 4.69) is 0 Å². The molecule has 1 aliphatic rings. The monoisotopic (exact) mass is 203 g/mol. The Hall–Kier alpha value is 0.0500. The van der Waals surface area contributed by atoms with Crippen LogP contribution in [-0.2, 0) is 19.7 Å². The Balaban J connectivity index is 0.00000121. The number of nitrogens with one attached hydrogen (secondary N) is 1. The van der Waals surface area contributed by atoms with Gasteiger partial charge in [0.2, 0.25) is 11.8 Å². The summed E-state index contributed by atoms with van der Waals surface area (Å²) in [4.78, 5) is 21.0. The number of hydrogen-bond donors (Lipinski definition) is 2. The molecule has 0 radical (unpaired) electrons. The van der Waals surface area contributed by atoms with Gasteiger partial charge in [-0.25, -0.2) is 0 Å². The van der Waals surface area contributed by atoms with Crippen molar-refractivity contribution >= 4 is 51.5 Å². The molecule has 0 saturated carbocycles. The first-order valence-electron chi connectivity index (χ1n) is 2.71. The van der Waals surface area contributed by atoms with Crippen LogP contribution in [0.25, 0.3) is 0 Å². The fourth-order valence-corrected chi connectivity index (χ4v) is 1.46. The molecule has 0 aliphatic carbocycles. The Morgan fingerprint density at radius 2 is 1.92 bits per heavy atom. The van der Waals surface area contributed by atoms with Gasteiger partial charge in [-0.2, -0.15) is 8.42 Å². The first kappa shape index (κ1) is 12.0. The number of hydrogen-bond acceptors (Lipinski definition) is 4. The predicted octanol–water partition coefficient (Wildman–Crippen LogP) is -2.36. The second kappa shape index (κ2) is 3.84. The summed E-state index contributed by atoms with van der Waals surface area (Å²) in [5, 5.41) is 0.141. The van der Waals surface area contributed by atoms with Crippen LogP contribution in [0.4, 0.5) is 0 Å². The van der Waals surface area contributed by atoms with E-state index < -0.39 is 33.6 Å². The molecule has 8 heteroatoms. The van der Waals surface area contributed by atoms with Gasteiger partial charge >= 0.3 is 29.6 Å². The summed E-state index contributed by atoms with van der Waals surface area (Å²) >= 11 is 0. The summed E-state index contributed by atoms with van der Waals surface area (Å²) in [6.07, 6.45) is -0.488. The fourth-order valence-electron chi connectivity index (χ4n) is 0.771. The van der Waals surface area contributed by atoms with Crippen molar-refractivity contribution in [3.05, 3.63) is 0 Å². The molecule has 1 saturated heterocycles. The normalized spacial score (nSPS) is 23.2. The molecule has 2 amide bonds. The van der Waals surface area contributed by atoms with Gasteiger partial charge in [0.15, 0.2) is 5.25 Å². The number of amides is 2. The SMILES string of the molecule is O=C1CC(S(=O)(=O)O)C(=O)N1.[NaH]. The molecule has 1 rings (SSSR count). The van der Waals surface area contributed by atoms with Gasteiger partial charge in [-0.3, -0.25) is 19.5 Å². The third kappa shape index (κ3) is 2.53. The van der Waals surface area contributed by atoms with E-state index in [1.165, 1.54) is 0 Å². The van der Waals surface area contributed by atoms with Gasteiger partial charge in [0, 0.05) is 0 Å². The Bertz CT molecular complexity index is 309. The topological polar surface area (TPSA) is 101 Å². The molecule has 1 unspecified atom stereocenters. The van der Waals surface area contributed by atoms with Crippen LogP contribution in [0.2, 0.25) is 0 Å². The van der Waals surface area contributed by atoms with Crippen molar-refractivity contribution in [2.75, 3.05) is 0 Å². The molecule has 1 heterocycles. The maximum absolute atomic E-state index is 10.6. The Labute approximate surface area is 90.7 Å². The molecule has 0 spiro atoms. The molecule has 1 fully saturated rings. The van der Waals surface area contributed by atoms with E-state index >= 15 is 0 Å². The molecule has 2 N–H and O–H groups in total. The first-order valence-corrected chi connectivity index (χ1v) is 4.21. The van der Waals surface area contributed by atoms with Crippen LogP contribution in [0.5, 0.6) is 0 Å². The molecule has 12 heavy (non-hydrogen) atoms. The van der Waals surface area contributed by atoms with Crippen LogP contribution in [0.1, 0.15) is 6.42 Å². The van der Waals surface area contributed by atoms with Crippen molar-refractivity contribution in [1.82, 2.24) is 5.32 Å². The van der Waals surface area contributed by atoms with Crippen LogP contribution in [-0.4, -0.2) is 59.6 Å². The van der Waals surface area contributed by atoms with E-state index in [0.717, 1.165) is 0 Å². The minimum absolute atomic E-state index is 0. The fraction of sp³-hybridized carbons (Fsp3) is 0.500. The molecule has 6 nitrogen and oxygen atoms in total. The second-order valence-electron chi connectivity index (χ2n) is 2.12. The van der Waals surface area contributed by atoms with Crippen molar-refractivity contribution in [2.45, 2.75) is 11.7 Å². The quantitative estimate of drug-likeness (QED) is 0.282. The summed E-state index contributed by atoms with van der Waals surface area (Å²) < 4.78 is 29.0. The van der Waals surface area contributed by atoms with Crippen LogP contribution in [0, 0.1) is 0 Å². The summed E-state index contributed by atoms with van der Waals surface area (Å²) in [6, 6.07) is 0. The van der Waals surface area contributed by atoms with E-state index in [-0.39, 0.29) is 29.6 Å². The van der Waals surface area contributed by atoms with E-state index in [1.54, 1.807) is 5.32 Å². The first-order chi connectivity index (χ1) is 4.91. The number of imide groups is 1. The summed E-state index contributed by atoms with van der Waals surface area (Å²) in [7, 11) is -4.42. The summed E-state index contributed by atoms with van der Waals surface area (Å²) in [5.74, 6) is -1.64. The Morgan fingerprint density at radius 3 is 2.08 bits per heavy atom. The molecular weight excluding hydrogens is 197 g/mol. The van der Waals surface area contributed by atoms with Gasteiger partial charge < -0.3 is 0 Å². The predicted molar refractivity (Wildman–Crippen MR) is 40.3 cm³/mol. The number of carbonyl (C=O) groups is 2. The molecule has 0 aromatic heterocycles. The molecule has 1 atom stereocenters. The molecule has 0 aromatic rings.